The molecule has 3 heterocycles. The molecule has 0 saturated heterocycles. The van der Waals surface area contributed by atoms with Crippen molar-refractivity contribution in [2.45, 2.75) is 18.8 Å². The van der Waals surface area contributed by atoms with Gasteiger partial charge < -0.3 is 15.2 Å². The molecule has 0 unspecified atom stereocenters. The van der Waals surface area contributed by atoms with E-state index in [1.807, 2.05) is 0 Å². The first-order chi connectivity index (χ1) is 13.6. The van der Waals surface area contributed by atoms with E-state index in [2.05, 4.69) is 25.1 Å². The number of hydrogen-bond acceptors (Lipinski definition) is 6. The lowest BCUT2D eigenvalue weighted by Crippen LogP contribution is -1.90. The van der Waals surface area contributed by atoms with E-state index < -0.39 is 5.82 Å². The topological polar surface area (TPSA) is 107 Å². The van der Waals surface area contributed by atoms with E-state index >= 15 is 0 Å². The van der Waals surface area contributed by atoms with E-state index in [0.29, 0.717) is 28.8 Å². The van der Waals surface area contributed by atoms with Gasteiger partial charge in [-0.25, -0.2) is 9.37 Å². The van der Waals surface area contributed by atoms with Crippen LogP contribution < -0.4 is 5.73 Å². The normalized spacial score (nSPS) is 13.8. The molecule has 3 N–H and O–H groups in total. The molecule has 3 aromatic heterocycles. The van der Waals surface area contributed by atoms with Crippen LogP contribution in [0.5, 0.6) is 0 Å². The van der Waals surface area contributed by atoms with Gasteiger partial charge in [-0.3, -0.25) is 4.98 Å². The number of nitrogens with one attached hydrogen (secondary N) is 1. The Hall–Kier alpha value is -3.26. The van der Waals surface area contributed by atoms with Crippen LogP contribution in [0.15, 0.2) is 41.1 Å². The van der Waals surface area contributed by atoms with Gasteiger partial charge in [-0.2, -0.15) is 4.98 Å². The second-order valence-corrected chi connectivity index (χ2v) is 7.01. The van der Waals surface area contributed by atoms with Crippen molar-refractivity contribution in [1.29, 1.82) is 0 Å². The highest BCUT2D eigenvalue weighted by Gasteiger charge is 2.29. The van der Waals surface area contributed by atoms with E-state index in [-0.39, 0.29) is 22.2 Å². The van der Waals surface area contributed by atoms with Gasteiger partial charge in [0.2, 0.25) is 0 Å². The van der Waals surface area contributed by atoms with Crippen LogP contribution >= 0.6 is 11.6 Å². The first kappa shape index (κ1) is 16.9. The summed E-state index contributed by atoms with van der Waals surface area (Å²) in [6.45, 7) is 0. The number of halogens is 2. The van der Waals surface area contributed by atoms with Gasteiger partial charge in [-0.15, -0.1) is 0 Å². The minimum atomic E-state index is -0.482. The molecule has 1 aliphatic rings. The summed E-state index contributed by atoms with van der Waals surface area (Å²) in [4.78, 5) is 16.0. The Bertz CT molecular complexity index is 1150. The number of hydrogen-bond donors (Lipinski definition) is 2. The fourth-order valence-corrected chi connectivity index (χ4v) is 3.22. The number of nitrogen functional groups attached to an aromatic ring is 1. The number of benzene rings is 1. The van der Waals surface area contributed by atoms with Crippen LogP contribution in [-0.2, 0) is 0 Å². The number of imidazole rings is 1. The zero-order valence-corrected chi connectivity index (χ0v) is 15.2. The van der Waals surface area contributed by atoms with Gasteiger partial charge in [-0.05, 0) is 37.1 Å². The van der Waals surface area contributed by atoms with Gasteiger partial charge in [0, 0.05) is 17.7 Å². The second kappa shape index (κ2) is 6.42. The molecule has 1 fully saturated rings. The van der Waals surface area contributed by atoms with Gasteiger partial charge in [-0.1, -0.05) is 22.8 Å². The fraction of sp³-hybridized carbons (Fsp3) is 0.158. The van der Waals surface area contributed by atoms with Gasteiger partial charge in [0.1, 0.15) is 23.2 Å². The van der Waals surface area contributed by atoms with Crippen LogP contribution in [0.3, 0.4) is 0 Å². The smallest absolute Gasteiger partial charge is 0.276 e. The van der Waals surface area contributed by atoms with Crippen molar-refractivity contribution in [2.75, 3.05) is 5.73 Å². The Balaban J connectivity index is 1.47. The number of anilines is 1. The molecule has 1 saturated carbocycles. The Morgan fingerprint density at radius 2 is 2.04 bits per heavy atom. The second-order valence-electron chi connectivity index (χ2n) is 6.61. The zero-order valence-electron chi connectivity index (χ0n) is 14.5. The molecule has 0 bridgehead atoms. The summed E-state index contributed by atoms with van der Waals surface area (Å²) in [5, 5.41) is 4.24. The van der Waals surface area contributed by atoms with E-state index in [0.717, 1.165) is 18.7 Å². The predicted octanol–water partition coefficient (Wildman–Crippen LogP) is 4.44. The first-order valence-electron chi connectivity index (χ1n) is 8.70. The number of aromatic amines is 1. The average Bonchev–Trinajstić information content (AvgIpc) is 3.29. The van der Waals surface area contributed by atoms with Gasteiger partial charge in [0.15, 0.2) is 5.82 Å². The third-order valence-electron chi connectivity index (χ3n) is 4.59. The molecule has 140 valence electrons. The number of pyridine rings is 1. The molecular weight excluding hydrogens is 383 g/mol. The number of H-pyrrole nitrogens is 1. The molecule has 1 aromatic carbocycles. The third kappa shape index (κ3) is 2.91. The molecule has 28 heavy (non-hydrogen) atoms. The van der Waals surface area contributed by atoms with Crippen molar-refractivity contribution in [3.63, 3.8) is 0 Å². The highest BCUT2D eigenvalue weighted by atomic mass is 35.5. The highest BCUT2D eigenvalue weighted by molar-refractivity contribution is 6.33. The van der Waals surface area contributed by atoms with Crippen LogP contribution in [0.1, 0.15) is 24.6 Å². The van der Waals surface area contributed by atoms with E-state index in [4.69, 9.17) is 21.9 Å². The van der Waals surface area contributed by atoms with Crippen molar-refractivity contribution < 1.29 is 8.91 Å². The van der Waals surface area contributed by atoms with E-state index in [1.165, 1.54) is 12.1 Å². The summed E-state index contributed by atoms with van der Waals surface area (Å²) in [5.74, 6) is 1.51. The largest absolute Gasteiger partial charge is 0.382 e. The lowest BCUT2D eigenvalue weighted by atomic mass is 10.2. The van der Waals surface area contributed by atoms with Crippen molar-refractivity contribution >= 4 is 17.4 Å². The molecule has 0 spiro atoms. The summed E-state index contributed by atoms with van der Waals surface area (Å²) in [6, 6.07) is 8.00. The van der Waals surface area contributed by atoms with E-state index in [9.17, 15) is 4.39 Å². The quantitative estimate of drug-likeness (QED) is 0.528. The maximum atomic E-state index is 14.2. The summed E-state index contributed by atoms with van der Waals surface area (Å²) < 4.78 is 19.4. The minimum Gasteiger partial charge on any atom is -0.382 e. The Kier molecular flexibility index (Phi) is 3.87. The molecule has 0 aliphatic heterocycles. The maximum absolute atomic E-state index is 14.2. The number of aromatic nitrogens is 5. The minimum absolute atomic E-state index is 0.171. The molecule has 9 heteroatoms. The summed E-state index contributed by atoms with van der Waals surface area (Å²) in [6.07, 6.45) is 3.81. The predicted molar refractivity (Wildman–Crippen MR) is 102 cm³/mol. The molecule has 4 aromatic rings. The Labute approximate surface area is 163 Å². The monoisotopic (exact) mass is 396 g/mol. The van der Waals surface area contributed by atoms with Crippen molar-refractivity contribution in [2.24, 2.45) is 0 Å². The van der Waals surface area contributed by atoms with Crippen molar-refractivity contribution in [1.82, 2.24) is 25.1 Å². The van der Waals surface area contributed by atoms with Gasteiger partial charge in [0.25, 0.3) is 5.89 Å². The van der Waals surface area contributed by atoms with Crippen LogP contribution in [0.2, 0.25) is 5.02 Å². The lowest BCUT2D eigenvalue weighted by molar-refractivity contribution is 0.421. The van der Waals surface area contributed by atoms with Gasteiger partial charge in [0.05, 0.1) is 16.3 Å². The standard InChI is InChI=1S/C19H14ClFN6O/c20-11-2-1-3-12(21)14(11)18-24-15(16(22)25-18)10-6-7-13(23-8-10)19-26-17(27-28-19)9-4-5-9/h1-3,6-9H,4-5,22H2,(H,24,25). The maximum Gasteiger partial charge on any atom is 0.276 e. The number of nitrogens with zero attached hydrogens (tertiary/aromatic N) is 4. The highest BCUT2D eigenvalue weighted by Crippen LogP contribution is 2.39. The van der Waals surface area contributed by atoms with Crippen molar-refractivity contribution in [3.8, 4) is 34.2 Å². The Morgan fingerprint density at radius 1 is 1.18 bits per heavy atom. The fourth-order valence-electron chi connectivity index (χ4n) is 2.96. The van der Waals surface area contributed by atoms with Crippen LogP contribution in [0.25, 0.3) is 34.2 Å². The molecule has 0 radical (unpaired) electrons. The number of nitrogens with two attached hydrogens (primary N) is 1. The van der Waals surface area contributed by atoms with Gasteiger partial charge >= 0.3 is 0 Å². The van der Waals surface area contributed by atoms with Crippen LogP contribution in [-0.4, -0.2) is 25.1 Å². The summed E-state index contributed by atoms with van der Waals surface area (Å²) >= 11 is 6.11. The summed E-state index contributed by atoms with van der Waals surface area (Å²) in [7, 11) is 0. The lowest BCUT2D eigenvalue weighted by Gasteiger charge is -2.02. The number of rotatable bonds is 4. The first-order valence-corrected chi connectivity index (χ1v) is 9.08. The third-order valence-corrected chi connectivity index (χ3v) is 4.90. The molecule has 0 atom stereocenters. The average molecular weight is 397 g/mol. The SMILES string of the molecule is Nc1nc(-c2c(F)cccc2Cl)[nH]c1-c1ccc(-c2nc(C3CC3)no2)nc1. The molecule has 7 nitrogen and oxygen atoms in total. The summed E-state index contributed by atoms with van der Waals surface area (Å²) in [5.41, 5.74) is 7.98. The van der Waals surface area contributed by atoms with Crippen molar-refractivity contribution in [3.05, 3.63) is 53.2 Å². The van der Waals surface area contributed by atoms with Crippen LogP contribution in [0.4, 0.5) is 10.2 Å². The molecule has 0 amide bonds. The Morgan fingerprint density at radius 3 is 2.75 bits per heavy atom. The molecular formula is C19H14ClFN6O. The van der Waals surface area contributed by atoms with E-state index in [1.54, 1.807) is 24.4 Å². The molecule has 1 aliphatic carbocycles. The zero-order chi connectivity index (χ0) is 19.3. The van der Waals surface area contributed by atoms with Crippen LogP contribution in [0, 0.1) is 5.82 Å². The molecule has 5 rings (SSSR count).